The van der Waals surface area contributed by atoms with Gasteiger partial charge in [-0.3, -0.25) is 9.59 Å². The van der Waals surface area contributed by atoms with Gasteiger partial charge in [0.2, 0.25) is 5.78 Å². The number of fused-ring (bicyclic) bond motifs is 7. The van der Waals surface area contributed by atoms with E-state index in [1.54, 1.807) is 6.08 Å². The molecule has 0 aliphatic heterocycles. The van der Waals surface area contributed by atoms with Gasteiger partial charge in [0.05, 0.1) is 5.41 Å². The molecule has 2 N–H and O–H groups in total. The van der Waals surface area contributed by atoms with Crippen molar-refractivity contribution in [2.75, 3.05) is 0 Å². The van der Waals surface area contributed by atoms with Crippen LogP contribution in [0.5, 0.6) is 0 Å². The molecule has 6 atom stereocenters. The van der Waals surface area contributed by atoms with Crippen molar-refractivity contribution in [2.45, 2.75) is 86.5 Å². The minimum atomic E-state index is -0.655. The summed E-state index contributed by atoms with van der Waals surface area (Å²) in [7, 11) is 0. The summed E-state index contributed by atoms with van der Waals surface area (Å²) in [6.45, 7) is 13.3. The van der Waals surface area contributed by atoms with E-state index < -0.39 is 11.4 Å². The average molecular weight is 451 g/mol. The molecule has 0 aromatic heterocycles. The molecule has 3 fully saturated rings. The highest BCUT2D eigenvalue weighted by molar-refractivity contribution is 6.06. The number of carbonyl (C=O) groups excluding carboxylic acids is 1. The second kappa shape index (κ2) is 6.52. The fourth-order valence-corrected chi connectivity index (χ4v) is 8.65. The molecule has 5 aliphatic carbocycles. The third-order valence-electron chi connectivity index (χ3n) is 11.4. The minimum absolute atomic E-state index is 0.0000746. The van der Waals surface area contributed by atoms with Gasteiger partial charge in [-0.25, -0.2) is 0 Å². The fourth-order valence-electron chi connectivity index (χ4n) is 8.65. The standard InChI is InChI=1S/C29H38O4/c1-17-18-7-8-21-27(4,19(18)15-20(30)23(17)31)12-14-29(6)22-16-26(3,24(32)33)10-9-25(22,2)11-13-28(21,29)5/h7-8,15,22,31H,9-14,16H2,1-6H3,(H,32,33)/t22-,25?,26-,27+,28-,29+/m1/s1. The molecule has 0 amide bonds. The van der Waals surface area contributed by atoms with Crippen molar-refractivity contribution in [3.05, 3.63) is 46.3 Å². The second-order valence-corrected chi connectivity index (χ2v) is 12.9. The van der Waals surface area contributed by atoms with E-state index >= 15 is 0 Å². The Morgan fingerprint density at radius 3 is 2.30 bits per heavy atom. The molecule has 0 aromatic rings. The number of carbonyl (C=O) groups is 2. The summed E-state index contributed by atoms with van der Waals surface area (Å²) in [6, 6.07) is 0. The van der Waals surface area contributed by atoms with E-state index in [0.29, 0.717) is 11.5 Å². The van der Waals surface area contributed by atoms with E-state index in [0.717, 1.165) is 56.1 Å². The lowest BCUT2D eigenvalue weighted by atomic mass is 9.34. The maximum Gasteiger partial charge on any atom is 0.309 e. The molecule has 0 saturated heterocycles. The maximum atomic E-state index is 12.6. The van der Waals surface area contributed by atoms with Crippen molar-refractivity contribution < 1.29 is 19.8 Å². The molecule has 178 valence electrons. The topological polar surface area (TPSA) is 74.6 Å². The van der Waals surface area contributed by atoms with E-state index in [-0.39, 0.29) is 33.2 Å². The van der Waals surface area contributed by atoms with Crippen molar-refractivity contribution in [3.63, 3.8) is 0 Å². The first-order valence-corrected chi connectivity index (χ1v) is 12.6. The molecule has 4 nitrogen and oxygen atoms in total. The maximum absolute atomic E-state index is 12.6. The van der Waals surface area contributed by atoms with E-state index in [9.17, 15) is 19.8 Å². The van der Waals surface area contributed by atoms with Crippen LogP contribution in [0, 0.1) is 33.0 Å². The quantitative estimate of drug-likeness (QED) is 0.466. The molecule has 0 heterocycles. The van der Waals surface area contributed by atoms with Crippen molar-refractivity contribution in [1.29, 1.82) is 0 Å². The predicted molar refractivity (Wildman–Crippen MR) is 129 cm³/mol. The summed E-state index contributed by atoms with van der Waals surface area (Å²) in [5.74, 6) is -0.734. The van der Waals surface area contributed by atoms with Crippen molar-refractivity contribution in [2.24, 2.45) is 33.0 Å². The van der Waals surface area contributed by atoms with Gasteiger partial charge in [0.1, 0.15) is 0 Å². The Morgan fingerprint density at radius 2 is 1.64 bits per heavy atom. The fraction of sp³-hybridized carbons (Fsp3) is 0.655. The number of aliphatic carboxylic acids is 1. The number of aliphatic hydroxyl groups is 1. The summed E-state index contributed by atoms with van der Waals surface area (Å²) in [6.07, 6.45) is 12.7. The highest BCUT2D eigenvalue weighted by atomic mass is 16.4. The molecular formula is C29H38O4. The van der Waals surface area contributed by atoms with Crippen LogP contribution in [0.1, 0.15) is 86.5 Å². The minimum Gasteiger partial charge on any atom is -0.504 e. The van der Waals surface area contributed by atoms with E-state index in [4.69, 9.17) is 0 Å². The molecule has 4 heteroatoms. The van der Waals surface area contributed by atoms with Crippen LogP contribution in [0.2, 0.25) is 0 Å². The van der Waals surface area contributed by atoms with Gasteiger partial charge in [-0.05, 0) is 98.2 Å². The van der Waals surface area contributed by atoms with Gasteiger partial charge in [0.25, 0.3) is 0 Å². The zero-order valence-corrected chi connectivity index (χ0v) is 21.0. The van der Waals surface area contributed by atoms with E-state index in [2.05, 4.69) is 39.8 Å². The van der Waals surface area contributed by atoms with E-state index in [1.165, 1.54) is 5.57 Å². The zero-order chi connectivity index (χ0) is 24.2. The smallest absolute Gasteiger partial charge is 0.309 e. The summed E-state index contributed by atoms with van der Waals surface area (Å²) in [5.41, 5.74) is 3.33. The zero-order valence-electron chi connectivity index (χ0n) is 21.0. The Balaban J connectivity index is 1.64. The Morgan fingerprint density at radius 1 is 0.970 bits per heavy atom. The average Bonchev–Trinajstić information content (AvgIpc) is 2.75. The van der Waals surface area contributed by atoms with Crippen LogP contribution < -0.4 is 0 Å². The van der Waals surface area contributed by atoms with Gasteiger partial charge in [-0.2, -0.15) is 0 Å². The number of rotatable bonds is 1. The Hall–Kier alpha value is -2.10. The monoisotopic (exact) mass is 450 g/mol. The van der Waals surface area contributed by atoms with Crippen LogP contribution in [0.4, 0.5) is 0 Å². The number of carboxylic acids is 1. The van der Waals surface area contributed by atoms with Crippen molar-refractivity contribution in [3.8, 4) is 0 Å². The summed E-state index contributed by atoms with van der Waals surface area (Å²) < 4.78 is 0. The third-order valence-corrected chi connectivity index (χ3v) is 11.4. The molecule has 0 bridgehead atoms. The van der Waals surface area contributed by atoms with Crippen LogP contribution >= 0.6 is 0 Å². The number of carboxylic acid groups (broad SMARTS) is 1. The molecule has 0 spiro atoms. The van der Waals surface area contributed by atoms with Gasteiger partial charge in [0.15, 0.2) is 5.76 Å². The lowest BCUT2D eigenvalue weighted by molar-refractivity contribution is -0.178. The van der Waals surface area contributed by atoms with Crippen LogP contribution in [-0.4, -0.2) is 22.0 Å². The van der Waals surface area contributed by atoms with Gasteiger partial charge in [-0.15, -0.1) is 0 Å². The van der Waals surface area contributed by atoms with Crippen LogP contribution in [-0.2, 0) is 9.59 Å². The number of hydrogen-bond donors (Lipinski definition) is 2. The van der Waals surface area contributed by atoms with Crippen molar-refractivity contribution >= 4 is 11.8 Å². The van der Waals surface area contributed by atoms with E-state index in [1.807, 2.05) is 13.8 Å². The molecular weight excluding hydrogens is 412 g/mol. The number of hydrogen-bond acceptors (Lipinski definition) is 3. The number of ketones is 1. The van der Waals surface area contributed by atoms with Crippen LogP contribution in [0.3, 0.4) is 0 Å². The molecule has 33 heavy (non-hydrogen) atoms. The summed E-state index contributed by atoms with van der Waals surface area (Å²) in [4.78, 5) is 24.8. The third kappa shape index (κ3) is 2.64. The lowest BCUT2D eigenvalue weighted by Crippen LogP contribution is -2.62. The normalized spacial score (nSPS) is 46.8. The molecule has 0 radical (unpaired) electrons. The molecule has 5 rings (SSSR count). The Labute approximate surface area is 197 Å². The summed E-state index contributed by atoms with van der Waals surface area (Å²) in [5, 5.41) is 20.3. The lowest BCUT2D eigenvalue weighted by Gasteiger charge is -2.70. The highest BCUT2D eigenvalue weighted by Crippen LogP contribution is 2.75. The molecule has 5 aliphatic rings. The first-order valence-electron chi connectivity index (χ1n) is 12.6. The van der Waals surface area contributed by atoms with Crippen LogP contribution in [0.15, 0.2) is 46.3 Å². The first kappa shape index (κ1) is 22.7. The largest absolute Gasteiger partial charge is 0.504 e. The van der Waals surface area contributed by atoms with Gasteiger partial charge >= 0.3 is 5.97 Å². The SMILES string of the molecule is CC1=C(O)C(=O)C=C2C1=CC=C1[C@@]2(C)CC[C@@]2(C)[C@@H]3C[C@](C)(C(=O)O)CCC3(C)CC[C@]12C. The van der Waals surface area contributed by atoms with Gasteiger partial charge < -0.3 is 10.2 Å². The highest BCUT2D eigenvalue weighted by Gasteiger charge is 2.67. The van der Waals surface area contributed by atoms with Gasteiger partial charge in [0, 0.05) is 11.0 Å². The first-order chi connectivity index (χ1) is 15.2. The second-order valence-electron chi connectivity index (χ2n) is 12.9. The summed E-state index contributed by atoms with van der Waals surface area (Å²) >= 11 is 0. The molecule has 1 unspecified atom stereocenters. The van der Waals surface area contributed by atoms with Crippen LogP contribution in [0.25, 0.3) is 0 Å². The molecule has 0 aromatic carbocycles. The number of allylic oxidation sites excluding steroid dienone is 7. The van der Waals surface area contributed by atoms with Crippen molar-refractivity contribution in [1.82, 2.24) is 0 Å². The number of aliphatic hydroxyl groups excluding tert-OH is 1. The predicted octanol–water partition coefficient (Wildman–Crippen LogP) is 6.70. The Kier molecular flexibility index (Phi) is 4.48. The molecule has 3 saturated carbocycles. The van der Waals surface area contributed by atoms with Gasteiger partial charge in [-0.1, -0.05) is 45.4 Å². The Bertz CT molecular complexity index is 1100.